The van der Waals surface area contributed by atoms with Crippen LogP contribution in [-0.4, -0.2) is 46.5 Å². The Balaban J connectivity index is 1.30. The number of piperidine rings is 1. The van der Waals surface area contributed by atoms with Gasteiger partial charge in [0.2, 0.25) is 6.39 Å². The average Bonchev–Trinajstić information content (AvgIpc) is 3.18. The van der Waals surface area contributed by atoms with E-state index >= 15 is 0 Å². The first-order valence-corrected chi connectivity index (χ1v) is 9.76. The number of carbonyl (C=O) groups excluding carboxylic acids is 1. The van der Waals surface area contributed by atoms with Gasteiger partial charge in [0.25, 0.3) is 0 Å². The SMILES string of the molecule is O=C(NCCCSc1ccc(Cl)cc1)N1CCC(c2ncon2)CC1. The van der Waals surface area contributed by atoms with E-state index in [9.17, 15) is 4.79 Å². The van der Waals surface area contributed by atoms with Gasteiger partial charge >= 0.3 is 6.03 Å². The highest BCUT2D eigenvalue weighted by Gasteiger charge is 2.25. The van der Waals surface area contributed by atoms with Crippen LogP contribution >= 0.6 is 23.4 Å². The van der Waals surface area contributed by atoms with Crippen LogP contribution in [0.4, 0.5) is 4.79 Å². The number of thioether (sulfide) groups is 1. The van der Waals surface area contributed by atoms with Gasteiger partial charge in [-0.25, -0.2) is 4.79 Å². The molecule has 1 fully saturated rings. The molecule has 2 heterocycles. The van der Waals surface area contributed by atoms with Gasteiger partial charge in [0, 0.05) is 35.5 Å². The van der Waals surface area contributed by atoms with Crippen molar-refractivity contribution in [3.63, 3.8) is 0 Å². The average molecular weight is 381 g/mol. The molecule has 1 aliphatic heterocycles. The van der Waals surface area contributed by atoms with Crippen LogP contribution < -0.4 is 5.32 Å². The lowest BCUT2D eigenvalue weighted by Crippen LogP contribution is -2.44. The zero-order valence-electron chi connectivity index (χ0n) is 13.9. The molecule has 0 aliphatic carbocycles. The van der Waals surface area contributed by atoms with Crippen molar-refractivity contribution in [2.75, 3.05) is 25.4 Å². The van der Waals surface area contributed by atoms with Gasteiger partial charge in [-0.2, -0.15) is 4.98 Å². The zero-order valence-corrected chi connectivity index (χ0v) is 15.4. The summed E-state index contributed by atoms with van der Waals surface area (Å²) in [6.45, 7) is 2.14. The Morgan fingerprint density at radius 3 is 2.76 bits per heavy atom. The van der Waals surface area contributed by atoms with Gasteiger partial charge in [-0.3, -0.25) is 0 Å². The molecular weight excluding hydrogens is 360 g/mol. The van der Waals surface area contributed by atoms with Gasteiger partial charge < -0.3 is 14.7 Å². The molecule has 0 atom stereocenters. The Labute approximate surface area is 156 Å². The van der Waals surface area contributed by atoms with Crippen molar-refractivity contribution in [2.45, 2.75) is 30.1 Å². The van der Waals surface area contributed by atoms with Crippen LogP contribution in [0, 0.1) is 0 Å². The second kappa shape index (κ2) is 9.10. The van der Waals surface area contributed by atoms with Gasteiger partial charge in [0.05, 0.1) is 0 Å². The number of likely N-dealkylation sites (tertiary alicyclic amines) is 1. The van der Waals surface area contributed by atoms with Gasteiger partial charge in [-0.1, -0.05) is 16.8 Å². The maximum absolute atomic E-state index is 12.2. The van der Waals surface area contributed by atoms with Crippen molar-refractivity contribution in [3.8, 4) is 0 Å². The van der Waals surface area contributed by atoms with E-state index in [1.165, 1.54) is 11.3 Å². The normalized spacial score (nSPS) is 15.3. The van der Waals surface area contributed by atoms with E-state index in [2.05, 4.69) is 15.5 Å². The molecule has 8 heteroatoms. The second-order valence-electron chi connectivity index (χ2n) is 5.94. The molecule has 0 bridgehead atoms. The van der Waals surface area contributed by atoms with Crippen LogP contribution in [0.3, 0.4) is 0 Å². The van der Waals surface area contributed by atoms with Gasteiger partial charge in [-0.05, 0) is 49.3 Å². The lowest BCUT2D eigenvalue weighted by atomic mass is 9.96. The number of amides is 2. The molecule has 25 heavy (non-hydrogen) atoms. The number of hydrogen-bond acceptors (Lipinski definition) is 5. The summed E-state index contributed by atoms with van der Waals surface area (Å²) in [5, 5.41) is 7.64. The van der Waals surface area contributed by atoms with Crippen LogP contribution in [0.5, 0.6) is 0 Å². The summed E-state index contributed by atoms with van der Waals surface area (Å²) in [5.41, 5.74) is 0. The minimum absolute atomic E-state index is 0.0167. The molecule has 3 rings (SSSR count). The third kappa shape index (κ3) is 5.37. The number of carbonyl (C=O) groups is 1. The van der Waals surface area contributed by atoms with E-state index in [0.717, 1.165) is 49.0 Å². The topological polar surface area (TPSA) is 71.3 Å². The third-order valence-electron chi connectivity index (χ3n) is 4.21. The Kier molecular flexibility index (Phi) is 6.58. The molecule has 1 N–H and O–H groups in total. The number of nitrogens with zero attached hydrogens (tertiary/aromatic N) is 3. The third-order valence-corrected chi connectivity index (χ3v) is 5.56. The summed E-state index contributed by atoms with van der Waals surface area (Å²) in [6.07, 6.45) is 4.04. The smallest absolute Gasteiger partial charge is 0.317 e. The molecule has 1 aromatic carbocycles. The number of aromatic nitrogens is 2. The van der Waals surface area contributed by atoms with E-state index < -0.39 is 0 Å². The quantitative estimate of drug-likeness (QED) is 0.609. The van der Waals surface area contributed by atoms with Gasteiger partial charge in [0.1, 0.15) is 0 Å². The van der Waals surface area contributed by atoms with E-state index in [1.54, 1.807) is 11.8 Å². The fourth-order valence-electron chi connectivity index (χ4n) is 2.80. The van der Waals surface area contributed by atoms with Crippen molar-refractivity contribution >= 4 is 29.4 Å². The predicted molar refractivity (Wildman–Crippen MR) is 98.0 cm³/mol. The van der Waals surface area contributed by atoms with Crippen LogP contribution in [0.2, 0.25) is 5.02 Å². The number of halogens is 1. The summed E-state index contributed by atoms with van der Waals surface area (Å²) < 4.78 is 4.79. The number of hydrogen-bond donors (Lipinski definition) is 1. The van der Waals surface area contributed by atoms with Crippen molar-refractivity contribution in [3.05, 3.63) is 41.5 Å². The summed E-state index contributed by atoms with van der Waals surface area (Å²) in [5.74, 6) is 2.00. The second-order valence-corrected chi connectivity index (χ2v) is 7.54. The lowest BCUT2D eigenvalue weighted by Gasteiger charge is -2.30. The van der Waals surface area contributed by atoms with E-state index in [0.29, 0.717) is 12.5 Å². The Morgan fingerprint density at radius 2 is 2.08 bits per heavy atom. The molecule has 1 saturated heterocycles. The molecular formula is C17H21ClN4O2S. The molecule has 1 aromatic heterocycles. The van der Waals surface area contributed by atoms with Crippen molar-refractivity contribution in [2.24, 2.45) is 0 Å². The Bertz CT molecular complexity index is 658. The highest BCUT2D eigenvalue weighted by Crippen LogP contribution is 2.25. The number of urea groups is 1. The first-order valence-electron chi connectivity index (χ1n) is 8.40. The highest BCUT2D eigenvalue weighted by atomic mass is 35.5. The van der Waals surface area contributed by atoms with Crippen molar-refractivity contribution in [1.29, 1.82) is 0 Å². The lowest BCUT2D eigenvalue weighted by molar-refractivity contribution is 0.180. The predicted octanol–water partition coefficient (Wildman–Crippen LogP) is 3.79. The molecule has 0 unspecified atom stereocenters. The summed E-state index contributed by atoms with van der Waals surface area (Å²) in [4.78, 5) is 19.4. The van der Waals surface area contributed by atoms with Crippen LogP contribution in [0.25, 0.3) is 0 Å². The molecule has 1 aliphatic rings. The molecule has 0 radical (unpaired) electrons. The largest absolute Gasteiger partial charge is 0.343 e. The monoisotopic (exact) mass is 380 g/mol. The molecule has 2 amide bonds. The Hall–Kier alpha value is -1.73. The summed E-state index contributed by atoms with van der Waals surface area (Å²) in [7, 11) is 0. The fraction of sp³-hybridized carbons (Fsp3) is 0.471. The molecule has 0 spiro atoms. The standard InChI is InChI=1S/C17H21ClN4O2S/c18-14-2-4-15(5-3-14)25-11-1-8-19-17(23)22-9-6-13(7-10-22)16-20-12-24-21-16/h2-5,12-13H,1,6-11H2,(H,19,23). The maximum atomic E-state index is 12.2. The maximum Gasteiger partial charge on any atom is 0.317 e. The van der Waals surface area contributed by atoms with Crippen LogP contribution in [-0.2, 0) is 0 Å². The number of benzene rings is 1. The molecule has 134 valence electrons. The van der Waals surface area contributed by atoms with Crippen molar-refractivity contribution < 1.29 is 9.32 Å². The first-order chi connectivity index (χ1) is 12.2. The first kappa shape index (κ1) is 18.1. The zero-order chi connectivity index (χ0) is 17.5. The summed E-state index contributed by atoms with van der Waals surface area (Å²) in [6, 6.07) is 7.83. The number of nitrogens with one attached hydrogen (secondary N) is 1. The summed E-state index contributed by atoms with van der Waals surface area (Å²) >= 11 is 7.64. The highest BCUT2D eigenvalue weighted by molar-refractivity contribution is 7.99. The molecule has 2 aromatic rings. The van der Waals surface area contributed by atoms with Crippen LogP contribution in [0.1, 0.15) is 31.0 Å². The van der Waals surface area contributed by atoms with Gasteiger partial charge in [-0.15, -0.1) is 11.8 Å². The molecule has 6 nitrogen and oxygen atoms in total. The minimum atomic E-state index is 0.0167. The van der Waals surface area contributed by atoms with E-state index in [1.807, 2.05) is 29.2 Å². The molecule has 0 saturated carbocycles. The van der Waals surface area contributed by atoms with Crippen molar-refractivity contribution in [1.82, 2.24) is 20.4 Å². The van der Waals surface area contributed by atoms with E-state index in [4.69, 9.17) is 16.1 Å². The van der Waals surface area contributed by atoms with Gasteiger partial charge in [0.15, 0.2) is 5.82 Å². The van der Waals surface area contributed by atoms with Crippen LogP contribution in [0.15, 0.2) is 40.1 Å². The van der Waals surface area contributed by atoms with E-state index in [-0.39, 0.29) is 6.03 Å². The minimum Gasteiger partial charge on any atom is -0.343 e. The Morgan fingerprint density at radius 1 is 1.32 bits per heavy atom. The fourth-order valence-corrected chi connectivity index (χ4v) is 3.78. The number of rotatable bonds is 6.